The van der Waals surface area contributed by atoms with Crippen LogP contribution in [0.3, 0.4) is 0 Å². The molecule has 5 heteroatoms. The fourth-order valence-electron chi connectivity index (χ4n) is 3.62. The van der Waals surface area contributed by atoms with Gasteiger partial charge in [-0.15, -0.1) is 0 Å². The molecule has 0 aliphatic carbocycles. The van der Waals surface area contributed by atoms with Gasteiger partial charge in [-0.25, -0.2) is 0 Å². The van der Waals surface area contributed by atoms with Gasteiger partial charge in [-0.3, -0.25) is 4.79 Å². The third-order valence-electron chi connectivity index (χ3n) is 5.03. The molecule has 5 nitrogen and oxygen atoms in total. The first kappa shape index (κ1) is 18.1. The Balaban J connectivity index is 1.71. The van der Waals surface area contributed by atoms with Crippen molar-refractivity contribution in [2.24, 2.45) is 0 Å². The summed E-state index contributed by atoms with van der Waals surface area (Å²) < 4.78 is 10.7. The van der Waals surface area contributed by atoms with Gasteiger partial charge in [0.2, 0.25) is 5.91 Å². The van der Waals surface area contributed by atoms with Crippen LogP contribution in [0.15, 0.2) is 42.5 Å². The van der Waals surface area contributed by atoms with Crippen molar-refractivity contribution in [3.63, 3.8) is 0 Å². The highest BCUT2D eigenvalue weighted by atomic mass is 16.5. The SMILES string of the molecule is COc1ccc(C2CCCN2C(=O)CCc2ccccc2N)cc1OC. The van der Waals surface area contributed by atoms with E-state index in [1.165, 1.54) is 0 Å². The van der Waals surface area contributed by atoms with E-state index in [0.717, 1.165) is 36.2 Å². The fourth-order valence-corrected chi connectivity index (χ4v) is 3.62. The van der Waals surface area contributed by atoms with Gasteiger partial charge in [-0.05, 0) is 48.6 Å². The lowest BCUT2D eigenvalue weighted by Gasteiger charge is -2.26. The summed E-state index contributed by atoms with van der Waals surface area (Å²) in [4.78, 5) is 14.8. The average Bonchev–Trinajstić information content (AvgIpc) is 3.16. The summed E-state index contributed by atoms with van der Waals surface area (Å²) in [5.41, 5.74) is 8.86. The van der Waals surface area contributed by atoms with Crippen LogP contribution in [0.1, 0.15) is 36.4 Å². The van der Waals surface area contributed by atoms with Crippen molar-refractivity contribution >= 4 is 11.6 Å². The van der Waals surface area contributed by atoms with Gasteiger partial charge in [0, 0.05) is 18.7 Å². The summed E-state index contributed by atoms with van der Waals surface area (Å²) in [6.07, 6.45) is 3.12. The van der Waals surface area contributed by atoms with Gasteiger partial charge >= 0.3 is 0 Å². The number of hydrogen-bond acceptors (Lipinski definition) is 4. The standard InChI is InChI=1S/C21H26N2O3/c1-25-19-11-9-16(14-20(19)26-2)18-8-5-13-23(18)21(24)12-10-15-6-3-4-7-17(15)22/h3-4,6-7,9,11,14,18H,5,8,10,12-13,22H2,1-2H3. The van der Waals surface area contributed by atoms with Gasteiger partial charge in [0.05, 0.1) is 20.3 Å². The van der Waals surface area contributed by atoms with Crippen LogP contribution in [0.4, 0.5) is 5.69 Å². The second-order valence-electron chi connectivity index (χ2n) is 6.56. The van der Waals surface area contributed by atoms with Crippen LogP contribution in [0.2, 0.25) is 0 Å². The molecule has 1 saturated heterocycles. The summed E-state index contributed by atoms with van der Waals surface area (Å²) in [7, 11) is 3.25. The Morgan fingerprint density at radius 1 is 1.15 bits per heavy atom. The molecule has 1 aliphatic rings. The zero-order valence-electron chi connectivity index (χ0n) is 15.4. The molecule has 0 bridgehead atoms. The van der Waals surface area contributed by atoms with Crippen LogP contribution >= 0.6 is 0 Å². The number of nitrogens with zero attached hydrogens (tertiary/aromatic N) is 1. The Bertz CT molecular complexity index is 776. The molecule has 1 atom stereocenters. The number of methoxy groups -OCH3 is 2. The molecule has 1 heterocycles. The van der Waals surface area contributed by atoms with Crippen molar-refractivity contribution in [2.45, 2.75) is 31.7 Å². The van der Waals surface area contributed by atoms with Gasteiger partial charge < -0.3 is 20.1 Å². The number of carbonyl (C=O) groups is 1. The number of anilines is 1. The van der Waals surface area contributed by atoms with E-state index in [2.05, 4.69) is 0 Å². The molecular weight excluding hydrogens is 328 g/mol. The Labute approximate surface area is 154 Å². The highest BCUT2D eigenvalue weighted by Crippen LogP contribution is 2.37. The van der Waals surface area contributed by atoms with E-state index in [9.17, 15) is 4.79 Å². The van der Waals surface area contributed by atoms with Crippen LogP contribution in [0.25, 0.3) is 0 Å². The molecule has 0 spiro atoms. The zero-order chi connectivity index (χ0) is 18.5. The molecule has 2 aromatic carbocycles. The largest absolute Gasteiger partial charge is 0.493 e. The van der Waals surface area contributed by atoms with Crippen LogP contribution < -0.4 is 15.2 Å². The van der Waals surface area contributed by atoms with Crippen molar-refractivity contribution in [2.75, 3.05) is 26.5 Å². The van der Waals surface area contributed by atoms with Gasteiger partial charge in [-0.1, -0.05) is 24.3 Å². The van der Waals surface area contributed by atoms with Gasteiger partial charge in [-0.2, -0.15) is 0 Å². The van der Waals surface area contributed by atoms with E-state index in [-0.39, 0.29) is 11.9 Å². The fraction of sp³-hybridized carbons (Fsp3) is 0.381. The number of aryl methyl sites for hydroxylation is 1. The van der Waals surface area contributed by atoms with E-state index in [1.807, 2.05) is 47.4 Å². The van der Waals surface area contributed by atoms with Gasteiger partial charge in [0.25, 0.3) is 0 Å². The summed E-state index contributed by atoms with van der Waals surface area (Å²) >= 11 is 0. The smallest absolute Gasteiger partial charge is 0.223 e. The molecule has 3 rings (SSSR count). The van der Waals surface area contributed by atoms with Gasteiger partial charge in [0.15, 0.2) is 11.5 Å². The van der Waals surface area contributed by atoms with Crippen LogP contribution in [-0.4, -0.2) is 31.6 Å². The molecule has 1 unspecified atom stereocenters. The van der Waals surface area contributed by atoms with Crippen molar-refractivity contribution in [1.82, 2.24) is 4.90 Å². The monoisotopic (exact) mass is 354 g/mol. The van der Waals surface area contributed by atoms with Crippen molar-refractivity contribution in [3.8, 4) is 11.5 Å². The first-order valence-corrected chi connectivity index (χ1v) is 8.98. The van der Waals surface area contributed by atoms with E-state index in [4.69, 9.17) is 15.2 Å². The van der Waals surface area contributed by atoms with Crippen molar-refractivity contribution in [1.29, 1.82) is 0 Å². The third kappa shape index (κ3) is 3.77. The van der Waals surface area contributed by atoms with Crippen LogP contribution in [-0.2, 0) is 11.2 Å². The molecule has 26 heavy (non-hydrogen) atoms. The molecule has 0 radical (unpaired) electrons. The number of likely N-dealkylation sites (tertiary alicyclic amines) is 1. The number of para-hydroxylation sites is 1. The van der Waals surface area contributed by atoms with Crippen molar-refractivity contribution < 1.29 is 14.3 Å². The number of carbonyl (C=O) groups excluding carboxylic acids is 1. The lowest BCUT2D eigenvalue weighted by Crippen LogP contribution is -2.30. The minimum Gasteiger partial charge on any atom is -0.493 e. The second kappa shape index (κ2) is 8.13. The number of ether oxygens (including phenoxy) is 2. The average molecular weight is 354 g/mol. The van der Waals surface area contributed by atoms with Crippen LogP contribution in [0.5, 0.6) is 11.5 Å². The molecular formula is C21H26N2O3. The molecule has 138 valence electrons. The molecule has 0 saturated carbocycles. The normalized spacial score (nSPS) is 16.5. The quantitative estimate of drug-likeness (QED) is 0.805. The summed E-state index contributed by atoms with van der Waals surface area (Å²) in [5, 5.41) is 0. The topological polar surface area (TPSA) is 64.8 Å². The first-order valence-electron chi connectivity index (χ1n) is 8.98. The first-order chi connectivity index (χ1) is 12.6. The summed E-state index contributed by atoms with van der Waals surface area (Å²) in [6, 6.07) is 13.7. The Hall–Kier alpha value is -2.69. The molecule has 2 aromatic rings. The van der Waals surface area contributed by atoms with E-state index in [1.54, 1.807) is 14.2 Å². The number of rotatable bonds is 6. The number of benzene rings is 2. The lowest BCUT2D eigenvalue weighted by molar-refractivity contribution is -0.132. The maximum Gasteiger partial charge on any atom is 0.223 e. The number of nitrogens with two attached hydrogens (primary N) is 1. The Kier molecular flexibility index (Phi) is 5.66. The molecule has 1 aliphatic heterocycles. The number of amides is 1. The molecule has 1 fully saturated rings. The minimum atomic E-state index is 0.0930. The van der Waals surface area contributed by atoms with Gasteiger partial charge in [0.1, 0.15) is 0 Å². The zero-order valence-corrected chi connectivity index (χ0v) is 15.4. The maximum atomic E-state index is 12.8. The number of nitrogen functional groups attached to an aromatic ring is 1. The molecule has 1 amide bonds. The highest BCUT2D eigenvalue weighted by molar-refractivity contribution is 5.77. The predicted octanol–water partition coefficient (Wildman–Crippen LogP) is 3.58. The van der Waals surface area contributed by atoms with E-state index < -0.39 is 0 Å². The lowest BCUT2D eigenvalue weighted by atomic mass is 10.0. The summed E-state index contributed by atoms with van der Waals surface area (Å²) in [5.74, 6) is 1.57. The molecule has 0 aromatic heterocycles. The minimum absolute atomic E-state index is 0.0930. The maximum absolute atomic E-state index is 12.8. The Morgan fingerprint density at radius 2 is 1.92 bits per heavy atom. The predicted molar refractivity (Wildman–Crippen MR) is 102 cm³/mol. The van der Waals surface area contributed by atoms with E-state index >= 15 is 0 Å². The van der Waals surface area contributed by atoms with Crippen LogP contribution in [0, 0.1) is 0 Å². The molecule has 2 N–H and O–H groups in total. The summed E-state index contributed by atoms with van der Waals surface area (Å²) in [6.45, 7) is 0.794. The second-order valence-corrected chi connectivity index (χ2v) is 6.56. The highest BCUT2D eigenvalue weighted by Gasteiger charge is 2.30. The van der Waals surface area contributed by atoms with Crippen molar-refractivity contribution in [3.05, 3.63) is 53.6 Å². The Morgan fingerprint density at radius 3 is 2.65 bits per heavy atom. The van der Waals surface area contributed by atoms with E-state index in [0.29, 0.717) is 24.3 Å². The number of hydrogen-bond donors (Lipinski definition) is 1. The third-order valence-corrected chi connectivity index (χ3v) is 5.03.